The van der Waals surface area contributed by atoms with Crippen LogP contribution in [0.15, 0.2) is 40.9 Å². The second-order valence-corrected chi connectivity index (χ2v) is 5.07. The highest BCUT2D eigenvalue weighted by Gasteiger charge is 2.12. The number of aryl methyl sites for hydroxylation is 1. The van der Waals surface area contributed by atoms with Crippen molar-refractivity contribution >= 4 is 21.7 Å². The second kappa shape index (κ2) is 5.61. The monoisotopic (exact) mass is 324 g/mol. The lowest BCUT2D eigenvalue weighted by atomic mass is 10.0. The quantitative estimate of drug-likeness (QED) is 0.762. The Morgan fingerprint density at radius 1 is 1.16 bits per heavy atom. The molecule has 0 bridgehead atoms. The Labute approximate surface area is 118 Å². The molecule has 0 saturated heterocycles. The van der Waals surface area contributed by atoms with Crippen molar-refractivity contribution < 1.29 is 13.6 Å². The van der Waals surface area contributed by atoms with E-state index in [1.807, 2.05) is 0 Å². The van der Waals surface area contributed by atoms with E-state index in [0.717, 1.165) is 0 Å². The van der Waals surface area contributed by atoms with Gasteiger partial charge in [-0.15, -0.1) is 0 Å². The van der Waals surface area contributed by atoms with Crippen LogP contribution in [-0.2, 0) is 6.42 Å². The van der Waals surface area contributed by atoms with Gasteiger partial charge in [0, 0.05) is 12.0 Å². The molecular formula is C15H11BrF2O. The van der Waals surface area contributed by atoms with E-state index in [0.29, 0.717) is 21.2 Å². The first-order chi connectivity index (χ1) is 8.99. The van der Waals surface area contributed by atoms with Crippen molar-refractivity contribution in [2.24, 2.45) is 0 Å². The van der Waals surface area contributed by atoms with Gasteiger partial charge in [-0.05, 0) is 58.2 Å². The maximum atomic E-state index is 13.3. The average Bonchev–Trinajstić information content (AvgIpc) is 2.38. The summed E-state index contributed by atoms with van der Waals surface area (Å²) in [6.07, 6.45) is 0.0728. The molecular weight excluding hydrogens is 314 g/mol. The van der Waals surface area contributed by atoms with Gasteiger partial charge in [0.2, 0.25) is 0 Å². The number of carbonyl (C=O) groups excluding carboxylic acids is 1. The third kappa shape index (κ3) is 3.07. The molecule has 0 radical (unpaired) electrons. The molecule has 0 aliphatic rings. The van der Waals surface area contributed by atoms with E-state index in [2.05, 4.69) is 15.9 Å². The van der Waals surface area contributed by atoms with Gasteiger partial charge in [-0.3, -0.25) is 4.79 Å². The minimum absolute atomic E-state index is 0.0728. The van der Waals surface area contributed by atoms with Crippen LogP contribution >= 0.6 is 15.9 Å². The van der Waals surface area contributed by atoms with Crippen LogP contribution in [0.25, 0.3) is 0 Å². The molecule has 0 saturated carbocycles. The average molecular weight is 325 g/mol. The summed E-state index contributed by atoms with van der Waals surface area (Å²) in [6, 6.07) is 8.77. The zero-order valence-electron chi connectivity index (χ0n) is 10.2. The smallest absolute Gasteiger partial charge is 0.167 e. The highest BCUT2D eigenvalue weighted by molar-refractivity contribution is 9.10. The van der Waals surface area contributed by atoms with Crippen molar-refractivity contribution in [2.45, 2.75) is 13.3 Å². The highest BCUT2D eigenvalue weighted by Crippen LogP contribution is 2.22. The summed E-state index contributed by atoms with van der Waals surface area (Å²) >= 11 is 3.12. The van der Waals surface area contributed by atoms with Crippen molar-refractivity contribution in [3.8, 4) is 0 Å². The van der Waals surface area contributed by atoms with Crippen molar-refractivity contribution in [2.75, 3.05) is 0 Å². The van der Waals surface area contributed by atoms with Crippen molar-refractivity contribution in [3.63, 3.8) is 0 Å². The summed E-state index contributed by atoms with van der Waals surface area (Å²) in [5, 5.41) is 0. The molecule has 0 spiro atoms. The van der Waals surface area contributed by atoms with Crippen LogP contribution in [0.4, 0.5) is 8.78 Å². The van der Waals surface area contributed by atoms with Gasteiger partial charge in [-0.1, -0.05) is 12.1 Å². The molecule has 0 N–H and O–H groups in total. The Morgan fingerprint density at radius 3 is 2.58 bits per heavy atom. The molecule has 0 heterocycles. The minimum atomic E-state index is -0.402. The third-order valence-corrected chi connectivity index (χ3v) is 3.75. The molecule has 0 atom stereocenters. The van der Waals surface area contributed by atoms with Crippen molar-refractivity contribution in [1.29, 1.82) is 0 Å². The fraction of sp³-hybridized carbons (Fsp3) is 0.133. The van der Waals surface area contributed by atoms with E-state index in [4.69, 9.17) is 0 Å². The number of ketones is 1. The lowest BCUT2D eigenvalue weighted by molar-refractivity contribution is 0.0992. The van der Waals surface area contributed by atoms with E-state index < -0.39 is 5.82 Å². The second-order valence-electron chi connectivity index (χ2n) is 4.28. The van der Waals surface area contributed by atoms with Gasteiger partial charge in [0.1, 0.15) is 11.6 Å². The van der Waals surface area contributed by atoms with E-state index in [1.54, 1.807) is 19.1 Å². The Bertz CT molecular complexity index is 638. The zero-order valence-corrected chi connectivity index (χ0v) is 11.8. The molecule has 0 unspecified atom stereocenters. The summed E-state index contributed by atoms with van der Waals surface area (Å²) in [6.45, 7) is 1.60. The summed E-state index contributed by atoms with van der Waals surface area (Å²) < 4.78 is 26.8. The molecule has 0 aliphatic carbocycles. The molecule has 4 heteroatoms. The van der Waals surface area contributed by atoms with Gasteiger partial charge in [-0.2, -0.15) is 0 Å². The molecule has 0 aromatic heterocycles. The Morgan fingerprint density at radius 2 is 1.89 bits per heavy atom. The maximum absolute atomic E-state index is 13.3. The summed E-state index contributed by atoms with van der Waals surface area (Å²) in [5.74, 6) is -0.918. The van der Waals surface area contributed by atoms with Crippen LogP contribution in [0.2, 0.25) is 0 Å². The number of Topliss-reactive ketones (excluding diaryl/α,β-unsaturated/α-hetero) is 1. The molecule has 2 aromatic carbocycles. The maximum Gasteiger partial charge on any atom is 0.167 e. The normalized spacial score (nSPS) is 10.5. The van der Waals surface area contributed by atoms with Gasteiger partial charge < -0.3 is 0 Å². The van der Waals surface area contributed by atoms with Crippen molar-refractivity contribution in [1.82, 2.24) is 0 Å². The lowest BCUT2D eigenvalue weighted by Gasteiger charge is -2.06. The van der Waals surface area contributed by atoms with E-state index >= 15 is 0 Å². The standard InChI is InChI=1S/C15H11BrF2O/c1-9-7-10(5-6-12(9)17)14(19)8-11-3-2-4-13(18)15(11)16/h2-7H,8H2,1H3. The molecule has 2 rings (SSSR count). The van der Waals surface area contributed by atoms with Gasteiger partial charge in [0.05, 0.1) is 4.47 Å². The zero-order chi connectivity index (χ0) is 14.0. The summed E-state index contributed by atoms with van der Waals surface area (Å²) in [5.41, 5.74) is 1.42. The topological polar surface area (TPSA) is 17.1 Å². The number of hydrogen-bond donors (Lipinski definition) is 0. The molecule has 1 nitrogen and oxygen atoms in total. The minimum Gasteiger partial charge on any atom is -0.294 e. The largest absolute Gasteiger partial charge is 0.294 e. The Balaban J connectivity index is 2.26. The fourth-order valence-corrected chi connectivity index (χ4v) is 2.18. The lowest BCUT2D eigenvalue weighted by Crippen LogP contribution is -2.05. The van der Waals surface area contributed by atoms with Crippen LogP contribution < -0.4 is 0 Å². The number of halogens is 3. The van der Waals surface area contributed by atoms with Crippen LogP contribution in [0.5, 0.6) is 0 Å². The van der Waals surface area contributed by atoms with Crippen molar-refractivity contribution in [3.05, 3.63) is 69.2 Å². The van der Waals surface area contributed by atoms with Gasteiger partial charge in [-0.25, -0.2) is 8.78 Å². The van der Waals surface area contributed by atoms with Gasteiger partial charge >= 0.3 is 0 Å². The number of rotatable bonds is 3. The van der Waals surface area contributed by atoms with Crippen LogP contribution in [0.3, 0.4) is 0 Å². The van der Waals surface area contributed by atoms with Gasteiger partial charge in [0.25, 0.3) is 0 Å². The van der Waals surface area contributed by atoms with E-state index in [1.165, 1.54) is 24.3 Å². The number of carbonyl (C=O) groups is 1. The first-order valence-corrected chi connectivity index (χ1v) is 6.50. The third-order valence-electron chi connectivity index (χ3n) is 2.86. The van der Waals surface area contributed by atoms with Crippen LogP contribution in [0.1, 0.15) is 21.5 Å². The first kappa shape index (κ1) is 13.9. The van der Waals surface area contributed by atoms with Crippen LogP contribution in [-0.4, -0.2) is 5.78 Å². The molecule has 2 aromatic rings. The van der Waals surface area contributed by atoms with E-state index in [-0.39, 0.29) is 18.0 Å². The Hall–Kier alpha value is -1.55. The fourth-order valence-electron chi connectivity index (χ4n) is 1.78. The molecule has 0 fully saturated rings. The molecule has 0 amide bonds. The predicted octanol–water partition coefficient (Wildman–Crippen LogP) is 4.46. The molecule has 0 aliphatic heterocycles. The molecule has 98 valence electrons. The Kier molecular flexibility index (Phi) is 4.10. The summed E-state index contributed by atoms with van der Waals surface area (Å²) in [4.78, 5) is 12.1. The van der Waals surface area contributed by atoms with Crippen LogP contribution in [0, 0.1) is 18.6 Å². The molecule has 19 heavy (non-hydrogen) atoms. The predicted molar refractivity (Wildman–Crippen MR) is 73.3 cm³/mol. The first-order valence-electron chi connectivity index (χ1n) is 5.71. The highest BCUT2D eigenvalue weighted by atomic mass is 79.9. The van der Waals surface area contributed by atoms with Gasteiger partial charge in [0.15, 0.2) is 5.78 Å². The number of hydrogen-bond acceptors (Lipinski definition) is 1. The SMILES string of the molecule is Cc1cc(C(=O)Cc2cccc(F)c2Br)ccc1F. The summed E-state index contributed by atoms with van der Waals surface area (Å²) in [7, 11) is 0. The number of benzene rings is 2. The van der Waals surface area contributed by atoms with E-state index in [9.17, 15) is 13.6 Å².